The predicted molar refractivity (Wildman–Crippen MR) is 95.0 cm³/mol. The van der Waals surface area contributed by atoms with E-state index in [1.54, 1.807) is 12.1 Å². The summed E-state index contributed by atoms with van der Waals surface area (Å²) in [6.07, 6.45) is 1.44. The summed E-state index contributed by atoms with van der Waals surface area (Å²) < 4.78 is 5.00. The maximum atomic E-state index is 12.4. The average Bonchev–Trinajstić information content (AvgIpc) is 3.19. The van der Waals surface area contributed by atoms with Crippen LogP contribution in [0.25, 0.3) is 10.2 Å². The molecule has 2 amide bonds. The molecule has 0 aliphatic rings. The van der Waals surface area contributed by atoms with Gasteiger partial charge in [0.15, 0.2) is 5.76 Å². The SMILES string of the molecule is Cc1nc(C)c2c(C)c(C(=O)NCCNC(=O)c3ccco3)sc2n1. The van der Waals surface area contributed by atoms with Crippen molar-refractivity contribution in [2.45, 2.75) is 20.8 Å². The lowest BCUT2D eigenvalue weighted by Crippen LogP contribution is -2.34. The Bertz CT molecular complexity index is 931. The fraction of sp³-hybridized carbons (Fsp3) is 0.294. The van der Waals surface area contributed by atoms with Crippen LogP contribution in [0.4, 0.5) is 0 Å². The van der Waals surface area contributed by atoms with Crippen LogP contribution in [-0.4, -0.2) is 34.9 Å². The molecular weight excluding hydrogens is 340 g/mol. The van der Waals surface area contributed by atoms with Crippen LogP contribution in [0, 0.1) is 20.8 Å². The molecule has 0 saturated carbocycles. The molecule has 3 aromatic rings. The molecule has 0 radical (unpaired) electrons. The third kappa shape index (κ3) is 3.53. The van der Waals surface area contributed by atoms with Crippen LogP contribution in [0.1, 0.15) is 37.3 Å². The second-order valence-corrected chi connectivity index (χ2v) is 6.58. The fourth-order valence-corrected chi connectivity index (χ4v) is 3.81. The van der Waals surface area contributed by atoms with Crippen molar-refractivity contribution in [1.82, 2.24) is 20.6 Å². The van der Waals surface area contributed by atoms with Gasteiger partial charge in [0.1, 0.15) is 10.7 Å². The van der Waals surface area contributed by atoms with Crippen molar-refractivity contribution < 1.29 is 14.0 Å². The van der Waals surface area contributed by atoms with Gasteiger partial charge >= 0.3 is 0 Å². The highest BCUT2D eigenvalue weighted by atomic mass is 32.1. The van der Waals surface area contributed by atoms with Gasteiger partial charge < -0.3 is 15.1 Å². The maximum Gasteiger partial charge on any atom is 0.287 e. The molecular formula is C17H18N4O3S. The summed E-state index contributed by atoms with van der Waals surface area (Å²) in [6, 6.07) is 3.23. The van der Waals surface area contributed by atoms with E-state index >= 15 is 0 Å². The summed E-state index contributed by atoms with van der Waals surface area (Å²) in [6.45, 7) is 6.29. The molecule has 130 valence electrons. The molecule has 25 heavy (non-hydrogen) atoms. The Kier molecular flexibility index (Phi) is 4.80. The van der Waals surface area contributed by atoms with Crippen LogP contribution in [0.15, 0.2) is 22.8 Å². The maximum absolute atomic E-state index is 12.4. The summed E-state index contributed by atoms with van der Waals surface area (Å²) >= 11 is 1.36. The minimum absolute atomic E-state index is 0.176. The third-order valence-corrected chi connectivity index (χ3v) is 4.91. The standard InChI is InChI=1S/C17H18N4O3S/c1-9-13-10(2)20-11(3)21-17(13)25-14(9)16(23)19-7-6-18-15(22)12-5-4-8-24-12/h4-5,8H,6-7H2,1-3H3,(H,18,22)(H,19,23). The summed E-state index contributed by atoms with van der Waals surface area (Å²) in [7, 11) is 0. The number of nitrogens with zero attached hydrogens (tertiary/aromatic N) is 2. The van der Waals surface area contributed by atoms with Gasteiger partial charge in [-0.05, 0) is 38.5 Å². The zero-order valence-corrected chi connectivity index (χ0v) is 15.0. The molecule has 0 saturated heterocycles. The Morgan fingerprint density at radius 3 is 2.52 bits per heavy atom. The Hall–Kier alpha value is -2.74. The number of carbonyl (C=O) groups is 2. The largest absolute Gasteiger partial charge is 0.459 e. The number of carbonyl (C=O) groups excluding carboxylic acids is 2. The van der Waals surface area contributed by atoms with Gasteiger partial charge in [-0.2, -0.15) is 0 Å². The Balaban J connectivity index is 1.62. The van der Waals surface area contributed by atoms with E-state index in [2.05, 4.69) is 20.6 Å². The first kappa shape index (κ1) is 17.1. The molecule has 0 spiro atoms. The van der Waals surface area contributed by atoms with Crippen molar-refractivity contribution in [3.05, 3.63) is 46.1 Å². The Morgan fingerprint density at radius 1 is 1.12 bits per heavy atom. The molecule has 0 aliphatic heterocycles. The number of hydrogen-bond donors (Lipinski definition) is 2. The monoisotopic (exact) mass is 358 g/mol. The summed E-state index contributed by atoms with van der Waals surface area (Å²) in [5.74, 6) is 0.457. The molecule has 0 aromatic carbocycles. The van der Waals surface area contributed by atoms with Gasteiger partial charge in [0.05, 0.1) is 11.1 Å². The van der Waals surface area contributed by atoms with Gasteiger partial charge in [-0.1, -0.05) is 0 Å². The van der Waals surface area contributed by atoms with Crippen LogP contribution >= 0.6 is 11.3 Å². The minimum atomic E-state index is -0.307. The Morgan fingerprint density at radius 2 is 1.84 bits per heavy atom. The molecule has 0 unspecified atom stereocenters. The zero-order chi connectivity index (χ0) is 18.0. The van der Waals surface area contributed by atoms with E-state index in [4.69, 9.17) is 4.42 Å². The third-order valence-electron chi connectivity index (χ3n) is 3.73. The van der Waals surface area contributed by atoms with Crippen LogP contribution in [-0.2, 0) is 0 Å². The molecule has 0 bridgehead atoms. The summed E-state index contributed by atoms with van der Waals surface area (Å²) in [5, 5.41) is 6.43. The molecule has 0 atom stereocenters. The van der Waals surface area contributed by atoms with Crippen LogP contribution in [0.2, 0.25) is 0 Å². The first-order valence-corrected chi connectivity index (χ1v) is 8.63. The van der Waals surface area contributed by atoms with E-state index in [-0.39, 0.29) is 17.6 Å². The summed E-state index contributed by atoms with van der Waals surface area (Å²) in [4.78, 5) is 34.4. The van der Waals surface area contributed by atoms with Gasteiger partial charge in [0.2, 0.25) is 0 Å². The Labute approximate surface area is 148 Å². The number of nitrogens with one attached hydrogen (secondary N) is 2. The smallest absolute Gasteiger partial charge is 0.287 e. The van der Waals surface area contributed by atoms with E-state index in [1.807, 2.05) is 20.8 Å². The molecule has 3 rings (SSSR count). The van der Waals surface area contributed by atoms with Gasteiger partial charge in [-0.25, -0.2) is 9.97 Å². The number of fused-ring (bicyclic) bond motifs is 1. The van der Waals surface area contributed by atoms with Gasteiger partial charge in [-0.15, -0.1) is 11.3 Å². The lowest BCUT2D eigenvalue weighted by molar-refractivity contribution is 0.0911. The highest BCUT2D eigenvalue weighted by Crippen LogP contribution is 2.31. The topological polar surface area (TPSA) is 97.1 Å². The van der Waals surface area contributed by atoms with Gasteiger partial charge in [0, 0.05) is 24.2 Å². The summed E-state index contributed by atoms with van der Waals surface area (Å²) in [5.41, 5.74) is 1.76. The molecule has 3 heterocycles. The first-order chi connectivity index (χ1) is 12.0. The highest BCUT2D eigenvalue weighted by Gasteiger charge is 2.18. The van der Waals surface area contributed by atoms with Crippen molar-refractivity contribution in [3.8, 4) is 0 Å². The number of hydrogen-bond acceptors (Lipinski definition) is 6. The molecule has 0 aliphatic carbocycles. The highest BCUT2D eigenvalue weighted by molar-refractivity contribution is 7.20. The number of furan rings is 1. The van der Waals surface area contributed by atoms with E-state index in [0.717, 1.165) is 21.5 Å². The zero-order valence-electron chi connectivity index (χ0n) is 14.2. The number of thiophene rings is 1. The van der Waals surface area contributed by atoms with E-state index in [9.17, 15) is 9.59 Å². The van der Waals surface area contributed by atoms with Crippen molar-refractivity contribution in [2.24, 2.45) is 0 Å². The fourth-order valence-electron chi connectivity index (χ4n) is 2.62. The molecule has 0 fully saturated rings. The van der Waals surface area contributed by atoms with Gasteiger partial charge in [-0.3, -0.25) is 9.59 Å². The van der Waals surface area contributed by atoms with Gasteiger partial charge in [0.25, 0.3) is 11.8 Å². The van der Waals surface area contributed by atoms with Crippen molar-refractivity contribution >= 4 is 33.4 Å². The molecule has 7 nitrogen and oxygen atoms in total. The predicted octanol–water partition coefficient (Wildman–Crippen LogP) is 2.37. The van der Waals surface area contributed by atoms with Crippen molar-refractivity contribution in [1.29, 1.82) is 0 Å². The van der Waals surface area contributed by atoms with Crippen LogP contribution < -0.4 is 10.6 Å². The molecule has 3 aromatic heterocycles. The molecule has 8 heteroatoms. The lowest BCUT2D eigenvalue weighted by atomic mass is 10.1. The minimum Gasteiger partial charge on any atom is -0.459 e. The number of rotatable bonds is 5. The van der Waals surface area contributed by atoms with Crippen LogP contribution in [0.5, 0.6) is 0 Å². The van der Waals surface area contributed by atoms with Crippen molar-refractivity contribution in [2.75, 3.05) is 13.1 Å². The normalized spacial score (nSPS) is 10.8. The average molecular weight is 358 g/mol. The number of aromatic nitrogens is 2. The van der Waals surface area contributed by atoms with Crippen molar-refractivity contribution in [3.63, 3.8) is 0 Å². The van der Waals surface area contributed by atoms with Crippen LogP contribution in [0.3, 0.4) is 0 Å². The first-order valence-electron chi connectivity index (χ1n) is 7.81. The second kappa shape index (κ2) is 7.02. The number of aryl methyl sites for hydroxylation is 3. The van der Waals surface area contributed by atoms with E-state index < -0.39 is 0 Å². The molecule has 2 N–H and O–H groups in total. The quantitative estimate of drug-likeness (QED) is 0.683. The van der Waals surface area contributed by atoms with E-state index in [1.165, 1.54) is 17.6 Å². The second-order valence-electron chi connectivity index (χ2n) is 5.58. The van der Waals surface area contributed by atoms with E-state index in [0.29, 0.717) is 23.8 Å². The lowest BCUT2D eigenvalue weighted by Gasteiger charge is -2.05. The number of amides is 2.